The summed E-state index contributed by atoms with van der Waals surface area (Å²) in [5.41, 5.74) is 4.18. The Morgan fingerprint density at radius 3 is 2.47 bits per heavy atom. The van der Waals surface area contributed by atoms with Crippen molar-refractivity contribution >= 4 is 29.0 Å². The fourth-order valence-electron chi connectivity index (χ4n) is 4.09. The maximum absolute atomic E-state index is 13.4. The molecule has 30 heavy (non-hydrogen) atoms. The van der Waals surface area contributed by atoms with Gasteiger partial charge in [0.05, 0.1) is 5.57 Å². The number of fused-ring (bicyclic) bond motifs is 1. The highest BCUT2D eigenvalue weighted by atomic mass is 35.5. The van der Waals surface area contributed by atoms with Crippen LogP contribution in [0, 0.1) is 0 Å². The van der Waals surface area contributed by atoms with Gasteiger partial charge >= 0.3 is 0 Å². The van der Waals surface area contributed by atoms with Crippen molar-refractivity contribution in [3.05, 3.63) is 75.9 Å². The first-order valence-electron chi connectivity index (χ1n) is 10.4. The van der Waals surface area contributed by atoms with Gasteiger partial charge in [-0.25, -0.2) is 0 Å². The highest BCUT2D eigenvalue weighted by Crippen LogP contribution is 2.34. The highest BCUT2D eigenvalue weighted by molar-refractivity contribution is 6.36. The van der Waals surface area contributed by atoms with Crippen molar-refractivity contribution in [2.45, 2.75) is 26.3 Å². The maximum atomic E-state index is 13.4. The number of hydrogen-bond donors (Lipinski definition) is 0. The predicted molar refractivity (Wildman–Crippen MR) is 117 cm³/mol. The molecule has 2 heterocycles. The number of ether oxygens (including phenoxy) is 1. The number of carbonyl (C=O) groups is 2. The topological polar surface area (TPSA) is 49.9 Å². The lowest BCUT2D eigenvalue weighted by molar-refractivity contribution is -0.137. The lowest BCUT2D eigenvalue weighted by Crippen LogP contribution is -2.38. The second-order valence-electron chi connectivity index (χ2n) is 7.48. The van der Waals surface area contributed by atoms with Gasteiger partial charge in [-0.15, -0.1) is 0 Å². The van der Waals surface area contributed by atoms with Gasteiger partial charge in [-0.3, -0.25) is 14.5 Å². The predicted octanol–water partition coefficient (Wildman–Crippen LogP) is 3.90. The van der Waals surface area contributed by atoms with Crippen molar-refractivity contribution in [1.29, 1.82) is 0 Å². The van der Waals surface area contributed by atoms with E-state index in [1.165, 1.54) is 16.0 Å². The minimum absolute atomic E-state index is 0.221. The summed E-state index contributed by atoms with van der Waals surface area (Å²) < 4.78 is 5.38. The van der Waals surface area contributed by atoms with E-state index in [-0.39, 0.29) is 11.8 Å². The van der Waals surface area contributed by atoms with Crippen LogP contribution in [0.2, 0.25) is 5.02 Å². The lowest BCUT2D eigenvalue weighted by atomic mass is 9.98. The van der Waals surface area contributed by atoms with E-state index in [0.717, 1.165) is 12.0 Å². The Morgan fingerprint density at radius 2 is 1.73 bits per heavy atom. The fraction of sp³-hybridized carbons (Fsp3) is 0.333. The molecular weight excluding hydrogens is 400 g/mol. The van der Waals surface area contributed by atoms with Crippen molar-refractivity contribution < 1.29 is 14.3 Å². The Kier molecular flexibility index (Phi) is 6.21. The van der Waals surface area contributed by atoms with E-state index in [0.29, 0.717) is 55.6 Å². The number of imide groups is 1. The summed E-state index contributed by atoms with van der Waals surface area (Å²) in [6, 6.07) is 15.4. The summed E-state index contributed by atoms with van der Waals surface area (Å²) in [5, 5.41) is 0.596. The standard InChI is InChI=1S/C24H25ClN2O3/c1-2-30-15-5-13-27-23(28)21(18-8-10-20(25)11-9-18)22(24(27)29)26-14-12-17-6-3-4-7-19(17)16-26/h3-4,6-11H,2,5,12-16H2,1H3. The van der Waals surface area contributed by atoms with Gasteiger partial charge in [0.25, 0.3) is 11.8 Å². The Bertz CT molecular complexity index is 984. The first-order chi connectivity index (χ1) is 14.6. The molecule has 0 N–H and O–H groups in total. The third kappa shape index (κ3) is 4.00. The van der Waals surface area contributed by atoms with Crippen molar-refractivity contribution in [2.75, 3.05) is 26.3 Å². The van der Waals surface area contributed by atoms with Crippen LogP contribution in [0.1, 0.15) is 30.0 Å². The second kappa shape index (κ2) is 9.02. The monoisotopic (exact) mass is 424 g/mol. The molecule has 2 amide bonds. The molecule has 2 aliphatic heterocycles. The Labute approximate surface area is 181 Å². The zero-order valence-corrected chi connectivity index (χ0v) is 17.8. The van der Waals surface area contributed by atoms with E-state index in [9.17, 15) is 9.59 Å². The lowest BCUT2D eigenvalue weighted by Gasteiger charge is -2.31. The van der Waals surface area contributed by atoms with Crippen molar-refractivity contribution in [1.82, 2.24) is 9.80 Å². The SMILES string of the molecule is CCOCCCN1C(=O)C(c2ccc(Cl)cc2)=C(N2CCc3ccccc3C2)C1=O. The van der Waals surface area contributed by atoms with Crippen LogP contribution in [0.25, 0.3) is 5.57 Å². The molecule has 0 saturated heterocycles. The zero-order chi connectivity index (χ0) is 21.1. The maximum Gasteiger partial charge on any atom is 0.277 e. The molecular formula is C24H25ClN2O3. The van der Waals surface area contributed by atoms with E-state index < -0.39 is 0 Å². The number of carbonyl (C=O) groups excluding carboxylic acids is 2. The molecule has 6 heteroatoms. The van der Waals surface area contributed by atoms with Crippen LogP contribution in [0.3, 0.4) is 0 Å². The van der Waals surface area contributed by atoms with E-state index in [1.807, 2.05) is 31.2 Å². The number of nitrogens with zero attached hydrogens (tertiary/aromatic N) is 2. The number of benzene rings is 2. The average molecular weight is 425 g/mol. The molecule has 2 aromatic carbocycles. The Hall–Kier alpha value is -2.63. The summed E-state index contributed by atoms with van der Waals surface area (Å²) in [4.78, 5) is 30.1. The van der Waals surface area contributed by atoms with Gasteiger partial charge in [0.2, 0.25) is 0 Å². The Morgan fingerprint density at radius 1 is 1.00 bits per heavy atom. The molecule has 0 atom stereocenters. The average Bonchev–Trinajstić information content (AvgIpc) is 3.01. The van der Waals surface area contributed by atoms with Crippen molar-refractivity contribution in [3.8, 4) is 0 Å². The third-order valence-electron chi connectivity index (χ3n) is 5.60. The molecule has 0 aliphatic carbocycles. The van der Waals surface area contributed by atoms with Gasteiger partial charge in [-0.05, 0) is 48.6 Å². The fourth-order valence-corrected chi connectivity index (χ4v) is 4.22. The number of rotatable bonds is 7. The second-order valence-corrected chi connectivity index (χ2v) is 7.92. The Balaban J connectivity index is 1.68. The van der Waals surface area contributed by atoms with Gasteiger partial charge in [-0.2, -0.15) is 0 Å². The molecule has 0 saturated carbocycles. The summed E-state index contributed by atoms with van der Waals surface area (Å²) in [6.45, 7) is 4.75. The summed E-state index contributed by atoms with van der Waals surface area (Å²) in [6.07, 6.45) is 1.47. The zero-order valence-electron chi connectivity index (χ0n) is 17.1. The van der Waals surface area contributed by atoms with Gasteiger partial charge in [-0.1, -0.05) is 48.0 Å². The van der Waals surface area contributed by atoms with Crippen LogP contribution in [0.4, 0.5) is 0 Å². The first-order valence-corrected chi connectivity index (χ1v) is 10.7. The molecule has 0 spiro atoms. The van der Waals surface area contributed by atoms with Gasteiger partial charge < -0.3 is 9.64 Å². The van der Waals surface area contributed by atoms with Gasteiger partial charge in [0.15, 0.2) is 0 Å². The van der Waals surface area contributed by atoms with E-state index in [1.54, 1.807) is 12.1 Å². The summed E-state index contributed by atoms with van der Waals surface area (Å²) in [7, 11) is 0. The molecule has 2 aliphatic rings. The van der Waals surface area contributed by atoms with E-state index in [4.69, 9.17) is 16.3 Å². The third-order valence-corrected chi connectivity index (χ3v) is 5.85. The van der Waals surface area contributed by atoms with Crippen molar-refractivity contribution in [2.24, 2.45) is 0 Å². The number of amides is 2. The van der Waals surface area contributed by atoms with E-state index >= 15 is 0 Å². The van der Waals surface area contributed by atoms with Crippen LogP contribution < -0.4 is 0 Å². The molecule has 0 aromatic heterocycles. The summed E-state index contributed by atoms with van der Waals surface area (Å²) >= 11 is 6.05. The van der Waals surface area contributed by atoms with Crippen molar-refractivity contribution in [3.63, 3.8) is 0 Å². The first kappa shape index (κ1) is 20.6. The molecule has 2 aromatic rings. The smallest absolute Gasteiger partial charge is 0.277 e. The van der Waals surface area contributed by atoms with Gasteiger partial charge in [0, 0.05) is 37.9 Å². The van der Waals surface area contributed by atoms with Crippen LogP contribution in [0.15, 0.2) is 54.2 Å². The highest BCUT2D eigenvalue weighted by Gasteiger charge is 2.41. The molecule has 5 nitrogen and oxygen atoms in total. The van der Waals surface area contributed by atoms with E-state index in [2.05, 4.69) is 17.0 Å². The van der Waals surface area contributed by atoms with Crippen LogP contribution >= 0.6 is 11.6 Å². The largest absolute Gasteiger partial charge is 0.382 e. The van der Waals surface area contributed by atoms with Crippen LogP contribution in [-0.4, -0.2) is 47.9 Å². The minimum atomic E-state index is -0.243. The number of hydrogen-bond acceptors (Lipinski definition) is 4. The molecule has 0 fully saturated rings. The normalized spacial score (nSPS) is 16.5. The van der Waals surface area contributed by atoms with Gasteiger partial charge in [0.1, 0.15) is 5.70 Å². The summed E-state index contributed by atoms with van der Waals surface area (Å²) in [5.74, 6) is -0.464. The van der Waals surface area contributed by atoms with Crippen LogP contribution in [-0.2, 0) is 27.3 Å². The van der Waals surface area contributed by atoms with Crippen LogP contribution in [0.5, 0.6) is 0 Å². The molecule has 4 rings (SSSR count). The molecule has 156 valence electrons. The minimum Gasteiger partial charge on any atom is -0.382 e. The molecule has 0 bridgehead atoms. The quantitative estimate of drug-likeness (QED) is 0.499. The molecule has 0 radical (unpaired) electrons. The number of halogens is 1. The molecule has 0 unspecified atom stereocenters.